The summed E-state index contributed by atoms with van der Waals surface area (Å²) in [5.41, 5.74) is 11.7. The summed E-state index contributed by atoms with van der Waals surface area (Å²) in [4.78, 5) is 36.7. The van der Waals surface area contributed by atoms with E-state index >= 15 is 0 Å². The molecule has 0 aliphatic heterocycles. The number of ketones is 1. The Bertz CT molecular complexity index is 669. The molecule has 0 heterocycles. The number of carbonyl (C=O) groups excluding carboxylic acids is 3. The van der Waals surface area contributed by atoms with E-state index in [9.17, 15) is 19.5 Å². The maximum atomic E-state index is 12.8. The van der Waals surface area contributed by atoms with Crippen molar-refractivity contribution in [3.05, 3.63) is 34.9 Å². The van der Waals surface area contributed by atoms with Crippen molar-refractivity contribution in [3.8, 4) is 0 Å². The number of aliphatic hydroxyl groups is 1. The molecule has 8 nitrogen and oxygen atoms in total. The topological polar surface area (TPSA) is 148 Å². The van der Waals surface area contributed by atoms with Crippen LogP contribution in [0.4, 0.5) is 0 Å². The van der Waals surface area contributed by atoms with Gasteiger partial charge >= 0.3 is 0 Å². The second-order valence-electron chi connectivity index (χ2n) is 6.29. The number of nitrogens with one attached hydrogen (secondary N) is 2. The lowest BCUT2D eigenvalue weighted by Gasteiger charge is -2.26. The first kappa shape index (κ1) is 23.0. The molecule has 0 spiro atoms. The van der Waals surface area contributed by atoms with Gasteiger partial charge in [0.2, 0.25) is 11.8 Å². The third-order valence-electron chi connectivity index (χ3n) is 4.16. The van der Waals surface area contributed by atoms with Gasteiger partial charge in [0.1, 0.15) is 6.04 Å². The highest BCUT2D eigenvalue weighted by Crippen LogP contribution is 2.27. The van der Waals surface area contributed by atoms with Crippen LogP contribution >= 0.6 is 11.6 Å². The summed E-state index contributed by atoms with van der Waals surface area (Å²) < 4.78 is 0. The number of hydrogen-bond acceptors (Lipinski definition) is 6. The van der Waals surface area contributed by atoms with E-state index in [1.165, 1.54) is 13.8 Å². The van der Waals surface area contributed by atoms with Gasteiger partial charge in [0.15, 0.2) is 5.78 Å². The Morgan fingerprint density at radius 2 is 1.78 bits per heavy atom. The highest BCUT2D eigenvalue weighted by Gasteiger charge is 2.31. The van der Waals surface area contributed by atoms with E-state index in [0.29, 0.717) is 17.0 Å². The minimum absolute atomic E-state index is 0.0863. The van der Waals surface area contributed by atoms with Crippen LogP contribution in [0.1, 0.15) is 31.7 Å². The fourth-order valence-electron chi connectivity index (χ4n) is 2.60. The Kier molecular flexibility index (Phi) is 9.37. The first-order valence-electron chi connectivity index (χ1n) is 8.66. The lowest BCUT2D eigenvalue weighted by molar-refractivity contribution is -0.134. The molecule has 150 valence electrons. The number of nitrogens with two attached hydrogens (primary N) is 2. The molecule has 27 heavy (non-hydrogen) atoms. The third kappa shape index (κ3) is 6.59. The van der Waals surface area contributed by atoms with Crippen molar-refractivity contribution in [2.45, 2.75) is 44.4 Å². The maximum absolute atomic E-state index is 12.8. The molecule has 2 unspecified atom stereocenters. The molecule has 1 rings (SSSR count). The van der Waals surface area contributed by atoms with Gasteiger partial charge in [0.25, 0.3) is 0 Å². The van der Waals surface area contributed by atoms with Crippen molar-refractivity contribution in [1.82, 2.24) is 10.6 Å². The summed E-state index contributed by atoms with van der Waals surface area (Å²) in [6.07, 6.45) is -0.883. The zero-order valence-electron chi connectivity index (χ0n) is 15.4. The molecule has 2 amide bonds. The van der Waals surface area contributed by atoms with E-state index in [2.05, 4.69) is 10.6 Å². The molecule has 0 aliphatic carbocycles. The van der Waals surface area contributed by atoms with Gasteiger partial charge in [-0.2, -0.15) is 0 Å². The Labute approximate surface area is 163 Å². The number of amides is 2. The average Bonchev–Trinajstić information content (AvgIpc) is 2.61. The molecule has 4 atom stereocenters. The fraction of sp³-hybridized carbons (Fsp3) is 0.500. The highest BCUT2D eigenvalue weighted by molar-refractivity contribution is 6.31. The number of Topliss-reactive ketones (excluding diaryl/α,β-unsaturated/α-hetero) is 1. The van der Waals surface area contributed by atoms with Crippen molar-refractivity contribution in [3.63, 3.8) is 0 Å². The summed E-state index contributed by atoms with van der Waals surface area (Å²) in [5.74, 6) is -2.20. The summed E-state index contributed by atoms with van der Waals surface area (Å²) >= 11 is 6.18. The number of benzene rings is 1. The van der Waals surface area contributed by atoms with Gasteiger partial charge < -0.3 is 27.2 Å². The van der Waals surface area contributed by atoms with Gasteiger partial charge in [-0.25, -0.2) is 0 Å². The maximum Gasteiger partial charge on any atom is 0.245 e. The van der Waals surface area contributed by atoms with Crippen molar-refractivity contribution in [1.29, 1.82) is 0 Å². The molecule has 1 aromatic carbocycles. The molecule has 0 fully saturated rings. The zero-order valence-corrected chi connectivity index (χ0v) is 16.2. The fourth-order valence-corrected chi connectivity index (χ4v) is 2.87. The average molecular weight is 399 g/mol. The van der Waals surface area contributed by atoms with Gasteiger partial charge in [-0.15, -0.1) is 0 Å². The van der Waals surface area contributed by atoms with Crippen LogP contribution in [0.3, 0.4) is 0 Å². The molecule has 0 aromatic heterocycles. The van der Waals surface area contributed by atoms with Crippen LogP contribution in [-0.4, -0.2) is 54.0 Å². The zero-order chi connectivity index (χ0) is 20.6. The van der Waals surface area contributed by atoms with Crippen LogP contribution in [0, 0.1) is 0 Å². The second-order valence-corrected chi connectivity index (χ2v) is 6.69. The molecule has 7 N–H and O–H groups in total. The normalized spacial score (nSPS) is 15.3. The van der Waals surface area contributed by atoms with Crippen LogP contribution in [0.5, 0.6) is 0 Å². The van der Waals surface area contributed by atoms with Crippen molar-refractivity contribution in [2.24, 2.45) is 11.5 Å². The first-order valence-corrected chi connectivity index (χ1v) is 9.04. The molecular weight excluding hydrogens is 372 g/mol. The Morgan fingerprint density at radius 3 is 2.26 bits per heavy atom. The van der Waals surface area contributed by atoms with Crippen LogP contribution in [0.15, 0.2) is 24.3 Å². The van der Waals surface area contributed by atoms with Gasteiger partial charge in [0.05, 0.1) is 18.1 Å². The number of hydrogen-bond donors (Lipinski definition) is 5. The Hall–Kier alpha value is -2.00. The quantitative estimate of drug-likeness (QED) is 0.364. The Morgan fingerprint density at radius 1 is 1.15 bits per heavy atom. The minimum atomic E-state index is -1.26. The lowest BCUT2D eigenvalue weighted by Crippen LogP contribution is -2.57. The predicted molar refractivity (Wildman–Crippen MR) is 103 cm³/mol. The van der Waals surface area contributed by atoms with E-state index in [1.807, 2.05) is 0 Å². The van der Waals surface area contributed by atoms with Crippen molar-refractivity contribution < 1.29 is 19.5 Å². The molecule has 0 bridgehead atoms. The van der Waals surface area contributed by atoms with Gasteiger partial charge in [-0.1, -0.05) is 29.8 Å². The smallest absolute Gasteiger partial charge is 0.245 e. The Balaban J connectivity index is 2.99. The molecular formula is C18H27ClN4O4. The van der Waals surface area contributed by atoms with Crippen LogP contribution in [-0.2, 0) is 14.4 Å². The van der Waals surface area contributed by atoms with E-state index in [0.717, 1.165) is 0 Å². The molecule has 0 aliphatic rings. The SMILES string of the molecule is CC(=O)[C@H](CN)NC(=O)[C@@H](NC(=O)C(CCN)c1ccccc1Cl)C(C)O. The van der Waals surface area contributed by atoms with E-state index in [-0.39, 0.29) is 18.9 Å². The molecule has 1 aromatic rings. The van der Waals surface area contributed by atoms with Crippen molar-refractivity contribution >= 4 is 29.2 Å². The lowest BCUT2D eigenvalue weighted by atomic mass is 9.94. The predicted octanol–water partition coefficient (Wildman–Crippen LogP) is -0.329. The van der Waals surface area contributed by atoms with Gasteiger partial charge in [-0.05, 0) is 38.4 Å². The molecule has 0 radical (unpaired) electrons. The summed E-state index contributed by atoms with van der Waals surface area (Å²) in [6.45, 7) is 2.80. The number of carbonyl (C=O) groups is 3. The minimum Gasteiger partial charge on any atom is -0.391 e. The van der Waals surface area contributed by atoms with Gasteiger partial charge in [0, 0.05) is 11.6 Å². The van der Waals surface area contributed by atoms with Crippen LogP contribution < -0.4 is 22.1 Å². The largest absolute Gasteiger partial charge is 0.391 e. The number of aliphatic hydroxyl groups excluding tert-OH is 1. The monoisotopic (exact) mass is 398 g/mol. The first-order chi connectivity index (χ1) is 12.7. The van der Waals surface area contributed by atoms with Gasteiger partial charge in [-0.3, -0.25) is 14.4 Å². The van der Waals surface area contributed by atoms with Crippen LogP contribution in [0.25, 0.3) is 0 Å². The highest BCUT2D eigenvalue weighted by atomic mass is 35.5. The van der Waals surface area contributed by atoms with E-state index < -0.39 is 35.9 Å². The van der Waals surface area contributed by atoms with Crippen LogP contribution in [0.2, 0.25) is 5.02 Å². The number of rotatable bonds is 10. The summed E-state index contributed by atoms with van der Waals surface area (Å²) in [7, 11) is 0. The van der Waals surface area contributed by atoms with Crippen molar-refractivity contribution in [2.75, 3.05) is 13.1 Å². The summed E-state index contributed by atoms with van der Waals surface area (Å²) in [6, 6.07) is 4.71. The molecule has 0 saturated heterocycles. The van der Waals surface area contributed by atoms with E-state index in [4.69, 9.17) is 23.1 Å². The summed E-state index contributed by atoms with van der Waals surface area (Å²) in [5, 5.41) is 15.3. The number of halogens is 1. The molecule has 0 saturated carbocycles. The third-order valence-corrected chi connectivity index (χ3v) is 4.50. The van der Waals surface area contributed by atoms with E-state index in [1.54, 1.807) is 24.3 Å². The second kappa shape index (κ2) is 11.0. The standard InChI is InChI=1S/C18H27ClN4O4/c1-10(24)15(9-21)22-18(27)16(11(2)25)23-17(26)13(7-8-20)12-5-3-4-6-14(12)19/h3-6,11,13,15-16,25H,7-9,20-21H2,1-2H3,(H,22,27)(H,23,26)/t11?,13?,15-,16-/m0/s1. The molecule has 9 heteroatoms.